The van der Waals surface area contributed by atoms with Gasteiger partial charge in [0.05, 0.1) is 24.2 Å². The zero-order valence-electron chi connectivity index (χ0n) is 27.7. The second-order valence-corrected chi connectivity index (χ2v) is 11.1. The van der Waals surface area contributed by atoms with Gasteiger partial charge in [-0.2, -0.15) is 5.06 Å². The highest BCUT2D eigenvalue weighted by molar-refractivity contribution is 5.84. The molecule has 10 heteroatoms. The lowest BCUT2D eigenvalue weighted by Gasteiger charge is -2.05. The summed E-state index contributed by atoms with van der Waals surface area (Å²) in [5.41, 5.74) is 7.13. The molecule has 47 heavy (non-hydrogen) atoms. The molecular formula is C37H49N5O5. The number of nitrogens with two attached hydrogens (primary N) is 1. The molecule has 0 unspecified atom stereocenters. The van der Waals surface area contributed by atoms with Gasteiger partial charge in [0.25, 0.3) is 5.91 Å². The van der Waals surface area contributed by atoms with E-state index in [1.165, 1.54) is 25.7 Å². The Balaban J connectivity index is 0.000000239. The standard InChI is InChI=1S/C16H20N2O.C11H9NO2.C5H7NO2.C5H13N/c1-2-3-6-9-17-16(19)11-15-10-13-7-4-5-8-14(13)12-18-15;13-11(14)6-10-5-8-3-1-2-4-9(8)7-12-10;1-4-2-3-5(7)6(4)8;1-2-3-4-5-6/h4-5,7-8,10,12H,2-3,6,9,11H2,1H3,(H,17,19);1-5,7H,6H2,(H,13,14);8H,1-3H2;2-6H2,1H3. The quantitative estimate of drug-likeness (QED) is 0.105. The van der Waals surface area contributed by atoms with Gasteiger partial charge in [-0.15, -0.1) is 0 Å². The fourth-order valence-corrected chi connectivity index (χ4v) is 4.47. The number of unbranched alkanes of at least 4 members (excludes halogenated alkanes) is 4. The average molecular weight is 644 g/mol. The molecule has 0 saturated carbocycles. The SMILES string of the molecule is C=C1CCC(=O)N1O.CCCCCN.CCCCCNC(=O)Cc1cc2ccccc2cn1.O=C(O)Cc1cc2ccccc2cn1. The summed E-state index contributed by atoms with van der Waals surface area (Å²) in [4.78, 5) is 41.0. The van der Waals surface area contributed by atoms with Crippen molar-refractivity contribution in [2.75, 3.05) is 13.1 Å². The van der Waals surface area contributed by atoms with E-state index in [0.29, 0.717) is 35.7 Å². The van der Waals surface area contributed by atoms with Crippen LogP contribution in [0.1, 0.15) is 76.6 Å². The Morgan fingerprint density at radius 3 is 1.74 bits per heavy atom. The third-order valence-corrected chi connectivity index (χ3v) is 7.12. The van der Waals surface area contributed by atoms with Crippen LogP contribution in [0.5, 0.6) is 0 Å². The minimum absolute atomic E-state index is 0.0230. The van der Waals surface area contributed by atoms with E-state index in [0.717, 1.165) is 53.2 Å². The molecule has 0 radical (unpaired) electrons. The Hall–Kier alpha value is -4.67. The lowest BCUT2D eigenvalue weighted by Crippen LogP contribution is -2.26. The second kappa shape index (κ2) is 22.0. The number of benzene rings is 2. The molecule has 5 N–H and O–H groups in total. The molecule has 1 saturated heterocycles. The molecule has 5 rings (SSSR count). The van der Waals surface area contributed by atoms with Crippen molar-refractivity contribution in [1.82, 2.24) is 20.3 Å². The monoisotopic (exact) mass is 643 g/mol. The van der Waals surface area contributed by atoms with Crippen LogP contribution < -0.4 is 11.1 Å². The lowest BCUT2D eigenvalue weighted by molar-refractivity contribution is -0.151. The summed E-state index contributed by atoms with van der Waals surface area (Å²) >= 11 is 0. The van der Waals surface area contributed by atoms with Gasteiger partial charge in [-0.1, -0.05) is 94.6 Å². The Morgan fingerprint density at radius 2 is 1.34 bits per heavy atom. The van der Waals surface area contributed by atoms with Gasteiger partial charge < -0.3 is 16.2 Å². The zero-order valence-corrected chi connectivity index (χ0v) is 27.7. The molecule has 2 aromatic carbocycles. The summed E-state index contributed by atoms with van der Waals surface area (Å²) in [6.45, 7) is 9.39. The maximum Gasteiger partial charge on any atom is 0.309 e. The van der Waals surface area contributed by atoms with Crippen LogP contribution in [-0.2, 0) is 27.2 Å². The minimum atomic E-state index is -0.854. The molecule has 10 nitrogen and oxygen atoms in total. The normalized spacial score (nSPS) is 12.0. The third-order valence-electron chi connectivity index (χ3n) is 7.12. The van der Waals surface area contributed by atoms with Gasteiger partial charge in [-0.3, -0.25) is 29.6 Å². The smallest absolute Gasteiger partial charge is 0.309 e. The van der Waals surface area contributed by atoms with E-state index >= 15 is 0 Å². The number of amides is 2. The largest absolute Gasteiger partial charge is 0.481 e. The highest BCUT2D eigenvalue weighted by atomic mass is 16.5. The van der Waals surface area contributed by atoms with Crippen LogP contribution in [0.3, 0.4) is 0 Å². The van der Waals surface area contributed by atoms with E-state index < -0.39 is 5.97 Å². The first-order chi connectivity index (χ1) is 22.7. The number of carboxylic acid groups (broad SMARTS) is 1. The van der Waals surface area contributed by atoms with Crippen LogP contribution >= 0.6 is 0 Å². The molecule has 252 valence electrons. The van der Waals surface area contributed by atoms with Gasteiger partial charge in [0.2, 0.25) is 5.91 Å². The van der Waals surface area contributed by atoms with Crippen molar-refractivity contribution >= 4 is 39.3 Å². The number of allylic oxidation sites excluding steroid dienone is 1. The van der Waals surface area contributed by atoms with Crippen LogP contribution in [0.15, 0.2) is 85.3 Å². The summed E-state index contributed by atoms with van der Waals surface area (Å²) in [5.74, 6) is -1.05. The first-order valence-corrected chi connectivity index (χ1v) is 16.2. The Labute approximate surface area is 277 Å². The van der Waals surface area contributed by atoms with E-state index in [1.54, 1.807) is 6.20 Å². The topological polar surface area (TPSA) is 159 Å². The maximum atomic E-state index is 11.8. The number of fused-ring (bicyclic) bond motifs is 2. The molecule has 0 bridgehead atoms. The molecule has 0 aliphatic carbocycles. The number of hydroxylamine groups is 2. The maximum absolute atomic E-state index is 11.8. The number of hydrogen-bond acceptors (Lipinski definition) is 7. The molecule has 3 heterocycles. The van der Waals surface area contributed by atoms with Gasteiger partial charge >= 0.3 is 5.97 Å². The number of nitrogens with zero attached hydrogens (tertiary/aromatic N) is 3. The molecular weight excluding hydrogens is 594 g/mol. The third kappa shape index (κ3) is 15.0. The van der Waals surface area contributed by atoms with Crippen LogP contribution in [0.25, 0.3) is 21.5 Å². The van der Waals surface area contributed by atoms with E-state index in [-0.39, 0.29) is 18.2 Å². The Bertz CT molecular complexity index is 1560. The van der Waals surface area contributed by atoms with Crippen molar-refractivity contribution in [1.29, 1.82) is 0 Å². The van der Waals surface area contributed by atoms with Crippen LogP contribution in [0.2, 0.25) is 0 Å². The van der Waals surface area contributed by atoms with Gasteiger partial charge in [-0.05, 0) is 48.7 Å². The molecule has 2 aromatic heterocycles. The van der Waals surface area contributed by atoms with Crippen LogP contribution in [-0.4, -0.2) is 56.2 Å². The summed E-state index contributed by atoms with van der Waals surface area (Å²) in [6, 6.07) is 19.6. The van der Waals surface area contributed by atoms with Crippen LogP contribution in [0.4, 0.5) is 0 Å². The molecule has 2 amide bonds. The zero-order chi connectivity index (χ0) is 34.4. The summed E-state index contributed by atoms with van der Waals surface area (Å²) in [6.07, 6.45) is 12.0. The molecule has 4 aromatic rings. The lowest BCUT2D eigenvalue weighted by atomic mass is 10.1. The highest BCUT2D eigenvalue weighted by Gasteiger charge is 2.21. The minimum Gasteiger partial charge on any atom is -0.481 e. The van der Waals surface area contributed by atoms with E-state index in [2.05, 4.69) is 35.7 Å². The number of carboxylic acids is 1. The number of nitrogens with one attached hydrogen (secondary N) is 1. The fraction of sp³-hybridized carbons (Fsp3) is 0.378. The van der Waals surface area contributed by atoms with Crippen molar-refractivity contribution in [2.24, 2.45) is 5.73 Å². The predicted octanol–water partition coefficient (Wildman–Crippen LogP) is 6.59. The molecule has 1 aliphatic heterocycles. The average Bonchev–Trinajstić information content (AvgIpc) is 3.37. The van der Waals surface area contributed by atoms with E-state index in [1.807, 2.05) is 66.9 Å². The molecule has 1 fully saturated rings. The van der Waals surface area contributed by atoms with Crippen molar-refractivity contribution in [3.05, 3.63) is 96.7 Å². The molecule has 1 aliphatic rings. The number of hydrogen-bond donors (Lipinski definition) is 4. The van der Waals surface area contributed by atoms with E-state index in [4.69, 9.17) is 16.0 Å². The van der Waals surface area contributed by atoms with E-state index in [9.17, 15) is 14.4 Å². The molecule has 0 spiro atoms. The number of aromatic nitrogens is 2. The number of rotatable bonds is 11. The first kappa shape index (κ1) is 38.5. The number of carbonyl (C=O) groups excluding carboxylic acids is 2. The molecule has 0 atom stereocenters. The predicted molar refractivity (Wildman–Crippen MR) is 187 cm³/mol. The van der Waals surface area contributed by atoms with Gasteiger partial charge in [0.1, 0.15) is 0 Å². The van der Waals surface area contributed by atoms with Gasteiger partial charge in [0, 0.05) is 41.8 Å². The number of pyridine rings is 2. The summed E-state index contributed by atoms with van der Waals surface area (Å²) in [5, 5.41) is 25.1. The van der Waals surface area contributed by atoms with Gasteiger partial charge in [0.15, 0.2) is 0 Å². The van der Waals surface area contributed by atoms with Crippen molar-refractivity contribution in [3.8, 4) is 0 Å². The highest BCUT2D eigenvalue weighted by Crippen LogP contribution is 2.17. The van der Waals surface area contributed by atoms with Crippen molar-refractivity contribution < 1.29 is 24.7 Å². The summed E-state index contributed by atoms with van der Waals surface area (Å²) < 4.78 is 0. The number of carbonyl (C=O) groups is 3. The summed E-state index contributed by atoms with van der Waals surface area (Å²) in [7, 11) is 0. The first-order valence-electron chi connectivity index (χ1n) is 16.2. The second-order valence-electron chi connectivity index (χ2n) is 11.1. The van der Waals surface area contributed by atoms with Crippen LogP contribution in [0, 0.1) is 0 Å². The Kier molecular flexibility index (Phi) is 18.0. The number of aliphatic carboxylic acids is 1. The van der Waals surface area contributed by atoms with Crippen molar-refractivity contribution in [2.45, 2.75) is 78.1 Å². The Morgan fingerprint density at radius 1 is 0.830 bits per heavy atom. The van der Waals surface area contributed by atoms with Crippen molar-refractivity contribution in [3.63, 3.8) is 0 Å². The fourth-order valence-electron chi connectivity index (χ4n) is 4.47. The van der Waals surface area contributed by atoms with Gasteiger partial charge in [-0.25, -0.2) is 0 Å².